The highest BCUT2D eigenvalue weighted by Gasteiger charge is 2.27. The molecule has 0 aromatic heterocycles. The van der Waals surface area contributed by atoms with Crippen LogP contribution < -0.4 is 5.73 Å². The van der Waals surface area contributed by atoms with E-state index in [1.807, 2.05) is 4.90 Å². The monoisotopic (exact) mass is 320 g/mol. The van der Waals surface area contributed by atoms with Crippen LogP contribution in [0.1, 0.15) is 26.2 Å². The zero-order chi connectivity index (χ0) is 15.9. The van der Waals surface area contributed by atoms with Gasteiger partial charge in [-0.3, -0.25) is 9.59 Å². The fraction of sp³-hybridized carbons (Fsp3) is 0.846. The third kappa shape index (κ3) is 6.90. The summed E-state index contributed by atoms with van der Waals surface area (Å²) in [4.78, 5) is 24.3. The Morgan fingerprint density at radius 1 is 1.33 bits per heavy atom. The van der Waals surface area contributed by atoms with E-state index in [4.69, 9.17) is 10.5 Å². The molecule has 21 heavy (non-hydrogen) atoms. The number of esters is 1. The first-order chi connectivity index (χ1) is 9.84. The largest absolute Gasteiger partial charge is 0.466 e. The summed E-state index contributed by atoms with van der Waals surface area (Å²) in [5, 5.41) is 0. The maximum atomic E-state index is 11.8. The smallest absolute Gasteiger partial charge is 0.310 e. The molecule has 1 atom stereocenters. The van der Waals surface area contributed by atoms with Gasteiger partial charge in [-0.2, -0.15) is 0 Å². The number of amides is 1. The number of likely N-dealkylation sites (tertiary alicyclic amines) is 1. The predicted octanol–water partition coefficient (Wildman–Crippen LogP) is -0.448. The molecule has 2 N–H and O–H groups in total. The van der Waals surface area contributed by atoms with Crippen molar-refractivity contribution in [2.45, 2.75) is 26.2 Å². The summed E-state index contributed by atoms with van der Waals surface area (Å²) in [6, 6.07) is 0. The molecule has 122 valence electrons. The summed E-state index contributed by atoms with van der Waals surface area (Å²) in [7, 11) is -3.28. The molecular weight excluding hydrogens is 296 g/mol. The van der Waals surface area contributed by atoms with Gasteiger partial charge in [0.2, 0.25) is 5.91 Å². The maximum Gasteiger partial charge on any atom is 0.310 e. The second-order valence-corrected chi connectivity index (χ2v) is 7.56. The molecule has 0 bridgehead atoms. The topological polar surface area (TPSA) is 107 Å². The normalized spacial score (nSPS) is 20.1. The van der Waals surface area contributed by atoms with Crippen molar-refractivity contribution in [1.82, 2.24) is 4.90 Å². The lowest BCUT2D eigenvalue weighted by atomic mass is 9.98. The lowest BCUT2D eigenvalue weighted by molar-refractivity contribution is -0.149. The zero-order valence-electron chi connectivity index (χ0n) is 12.4. The molecule has 1 saturated heterocycles. The maximum absolute atomic E-state index is 11.8. The van der Waals surface area contributed by atoms with E-state index in [2.05, 4.69) is 0 Å². The van der Waals surface area contributed by atoms with Gasteiger partial charge in [0, 0.05) is 19.5 Å². The van der Waals surface area contributed by atoms with Crippen LogP contribution in [0.5, 0.6) is 0 Å². The van der Waals surface area contributed by atoms with Gasteiger partial charge in [0.05, 0.1) is 24.0 Å². The molecular formula is C13H24N2O5S. The van der Waals surface area contributed by atoms with Gasteiger partial charge in [0.1, 0.15) is 0 Å². The van der Waals surface area contributed by atoms with Crippen LogP contribution in [0.25, 0.3) is 0 Å². The van der Waals surface area contributed by atoms with Crippen LogP contribution in [0.15, 0.2) is 0 Å². The Morgan fingerprint density at radius 3 is 2.67 bits per heavy atom. The van der Waals surface area contributed by atoms with E-state index in [9.17, 15) is 18.0 Å². The standard InChI is InChI=1S/C13H24N2O5S/c1-2-20-13(17)11-4-3-6-15(10-11)7-9-21(18,19)8-5-12(14)16/h11H,2-10H2,1H3,(H2,14,16)/t11-/m1/s1. The first kappa shape index (κ1) is 17.9. The Bertz CT molecular complexity index is 463. The summed E-state index contributed by atoms with van der Waals surface area (Å²) in [6.45, 7) is 3.81. The van der Waals surface area contributed by atoms with Crippen LogP contribution in [0.4, 0.5) is 0 Å². The van der Waals surface area contributed by atoms with E-state index in [0.29, 0.717) is 19.7 Å². The number of nitrogens with zero attached hydrogens (tertiary/aromatic N) is 1. The molecule has 0 saturated carbocycles. The van der Waals surface area contributed by atoms with Gasteiger partial charge in [-0.05, 0) is 26.3 Å². The van der Waals surface area contributed by atoms with E-state index in [1.165, 1.54) is 0 Å². The molecule has 0 aliphatic carbocycles. The van der Waals surface area contributed by atoms with Crippen LogP contribution in [0.2, 0.25) is 0 Å². The number of carbonyl (C=O) groups is 2. The third-order valence-electron chi connectivity index (χ3n) is 3.50. The van der Waals surface area contributed by atoms with E-state index in [1.54, 1.807) is 6.92 Å². The molecule has 0 unspecified atom stereocenters. The van der Waals surface area contributed by atoms with Crippen LogP contribution >= 0.6 is 0 Å². The quantitative estimate of drug-likeness (QED) is 0.607. The summed E-state index contributed by atoms with van der Waals surface area (Å²) >= 11 is 0. The number of piperidine rings is 1. The van der Waals surface area contributed by atoms with Crippen molar-refractivity contribution in [3.8, 4) is 0 Å². The van der Waals surface area contributed by atoms with E-state index in [-0.39, 0.29) is 29.8 Å². The molecule has 1 amide bonds. The minimum absolute atomic E-state index is 0.0180. The summed E-state index contributed by atoms with van der Waals surface area (Å²) in [5.41, 5.74) is 4.95. The highest BCUT2D eigenvalue weighted by molar-refractivity contribution is 7.91. The summed E-state index contributed by atoms with van der Waals surface area (Å²) in [6.07, 6.45) is 1.49. The lowest BCUT2D eigenvalue weighted by Crippen LogP contribution is -2.41. The van der Waals surface area contributed by atoms with Crippen LogP contribution in [-0.4, -0.2) is 62.9 Å². The average Bonchev–Trinajstić information content (AvgIpc) is 2.44. The Hall–Kier alpha value is -1.15. The Morgan fingerprint density at radius 2 is 2.05 bits per heavy atom. The molecule has 0 spiro atoms. The molecule has 8 heteroatoms. The number of rotatable bonds is 8. The molecule has 1 aliphatic heterocycles. The number of hydrogen-bond donors (Lipinski definition) is 1. The predicted molar refractivity (Wildman–Crippen MR) is 78.3 cm³/mol. The molecule has 0 aromatic rings. The van der Waals surface area contributed by atoms with Crippen LogP contribution in [0.3, 0.4) is 0 Å². The fourth-order valence-corrected chi connectivity index (χ4v) is 3.59. The van der Waals surface area contributed by atoms with Gasteiger partial charge in [-0.1, -0.05) is 0 Å². The Kier molecular flexibility index (Phi) is 7.10. The number of primary amides is 1. The average molecular weight is 320 g/mol. The van der Waals surface area contributed by atoms with E-state index < -0.39 is 15.7 Å². The second-order valence-electron chi connectivity index (χ2n) is 5.26. The summed E-state index contributed by atoms with van der Waals surface area (Å²) < 4.78 is 28.5. The highest BCUT2D eigenvalue weighted by Crippen LogP contribution is 2.17. The van der Waals surface area contributed by atoms with E-state index >= 15 is 0 Å². The number of sulfone groups is 1. The number of hydrogen-bond acceptors (Lipinski definition) is 6. The van der Waals surface area contributed by atoms with Crippen molar-refractivity contribution >= 4 is 21.7 Å². The van der Waals surface area contributed by atoms with Crippen molar-refractivity contribution in [1.29, 1.82) is 0 Å². The van der Waals surface area contributed by atoms with Gasteiger partial charge < -0.3 is 15.4 Å². The van der Waals surface area contributed by atoms with Gasteiger partial charge >= 0.3 is 5.97 Å². The zero-order valence-corrected chi connectivity index (χ0v) is 13.2. The molecule has 7 nitrogen and oxygen atoms in total. The van der Waals surface area contributed by atoms with Crippen molar-refractivity contribution in [3.05, 3.63) is 0 Å². The molecule has 1 aliphatic rings. The first-order valence-corrected chi connectivity index (χ1v) is 9.04. The number of carbonyl (C=O) groups excluding carboxylic acids is 2. The Labute approximate surface area is 125 Å². The lowest BCUT2D eigenvalue weighted by Gasteiger charge is -2.31. The minimum atomic E-state index is -3.28. The van der Waals surface area contributed by atoms with Gasteiger partial charge in [0.15, 0.2) is 9.84 Å². The van der Waals surface area contributed by atoms with Gasteiger partial charge in [-0.15, -0.1) is 0 Å². The summed E-state index contributed by atoms with van der Waals surface area (Å²) in [5.74, 6) is -1.22. The fourth-order valence-electron chi connectivity index (χ4n) is 2.34. The van der Waals surface area contributed by atoms with E-state index in [0.717, 1.165) is 19.4 Å². The number of nitrogens with two attached hydrogens (primary N) is 1. The van der Waals surface area contributed by atoms with Crippen molar-refractivity contribution in [3.63, 3.8) is 0 Å². The van der Waals surface area contributed by atoms with Crippen LogP contribution in [0, 0.1) is 5.92 Å². The Balaban J connectivity index is 2.41. The molecule has 1 heterocycles. The van der Waals surface area contributed by atoms with Crippen molar-refractivity contribution in [2.75, 3.05) is 37.7 Å². The van der Waals surface area contributed by atoms with Gasteiger partial charge in [0.25, 0.3) is 0 Å². The SMILES string of the molecule is CCOC(=O)[C@@H]1CCCN(CCS(=O)(=O)CCC(N)=O)C1. The molecule has 0 aromatic carbocycles. The minimum Gasteiger partial charge on any atom is -0.466 e. The number of ether oxygens (including phenoxy) is 1. The molecule has 1 rings (SSSR count). The highest BCUT2D eigenvalue weighted by atomic mass is 32.2. The van der Waals surface area contributed by atoms with Crippen molar-refractivity contribution < 1.29 is 22.7 Å². The van der Waals surface area contributed by atoms with Crippen LogP contribution in [-0.2, 0) is 24.2 Å². The second kappa shape index (κ2) is 8.33. The van der Waals surface area contributed by atoms with Crippen molar-refractivity contribution in [2.24, 2.45) is 11.7 Å². The van der Waals surface area contributed by atoms with Gasteiger partial charge in [-0.25, -0.2) is 8.42 Å². The third-order valence-corrected chi connectivity index (χ3v) is 5.13. The first-order valence-electron chi connectivity index (χ1n) is 7.21. The molecule has 1 fully saturated rings. The molecule has 0 radical (unpaired) electrons.